The number of piperidine rings is 1. The summed E-state index contributed by atoms with van der Waals surface area (Å²) in [4.78, 5) is 16.4. The van der Waals surface area contributed by atoms with Crippen molar-refractivity contribution in [3.63, 3.8) is 0 Å². The molecular weight excluding hydrogens is 298 g/mol. The Morgan fingerprint density at radius 1 is 1.13 bits per heavy atom. The van der Waals surface area contributed by atoms with Crippen LogP contribution in [0.25, 0.3) is 0 Å². The van der Waals surface area contributed by atoms with Crippen molar-refractivity contribution in [2.45, 2.75) is 44.7 Å². The van der Waals surface area contributed by atoms with Gasteiger partial charge in [0.25, 0.3) is 0 Å². The number of hydrogen-bond donors (Lipinski definition) is 0. The van der Waals surface area contributed by atoms with E-state index in [2.05, 4.69) is 4.90 Å². The van der Waals surface area contributed by atoms with E-state index in [0.29, 0.717) is 24.1 Å². The van der Waals surface area contributed by atoms with Crippen molar-refractivity contribution in [2.24, 2.45) is 5.92 Å². The van der Waals surface area contributed by atoms with Crippen molar-refractivity contribution in [2.75, 3.05) is 20.1 Å². The van der Waals surface area contributed by atoms with E-state index < -0.39 is 11.6 Å². The van der Waals surface area contributed by atoms with Crippen LogP contribution in [0.1, 0.15) is 37.7 Å². The minimum absolute atomic E-state index is 0.244. The molecule has 1 amide bonds. The zero-order chi connectivity index (χ0) is 16.4. The molecule has 2 aliphatic rings. The van der Waals surface area contributed by atoms with Crippen LogP contribution in [0.5, 0.6) is 0 Å². The molecule has 0 radical (unpaired) electrons. The predicted molar refractivity (Wildman–Crippen MR) is 84.8 cm³/mol. The molecule has 3 rings (SSSR count). The highest BCUT2D eigenvalue weighted by Crippen LogP contribution is 2.29. The van der Waals surface area contributed by atoms with E-state index in [9.17, 15) is 13.6 Å². The Morgan fingerprint density at radius 2 is 1.74 bits per heavy atom. The number of carbonyl (C=O) groups is 1. The normalized spacial score (nSPS) is 20.3. The van der Waals surface area contributed by atoms with Gasteiger partial charge < -0.3 is 4.90 Å². The first kappa shape index (κ1) is 16.4. The topological polar surface area (TPSA) is 23.6 Å². The van der Waals surface area contributed by atoms with E-state index in [0.717, 1.165) is 44.8 Å². The molecule has 0 bridgehead atoms. The molecule has 1 aliphatic carbocycles. The second kappa shape index (κ2) is 6.95. The van der Waals surface area contributed by atoms with Gasteiger partial charge in [-0.25, -0.2) is 8.78 Å². The minimum Gasteiger partial charge on any atom is -0.342 e. The molecule has 0 aromatic heterocycles. The summed E-state index contributed by atoms with van der Waals surface area (Å²) in [6, 6.07) is 3.98. The van der Waals surface area contributed by atoms with E-state index in [1.54, 1.807) is 0 Å². The first-order valence-electron chi connectivity index (χ1n) is 8.47. The van der Waals surface area contributed by atoms with Crippen LogP contribution in [0.15, 0.2) is 18.2 Å². The van der Waals surface area contributed by atoms with Crippen LogP contribution < -0.4 is 0 Å². The van der Waals surface area contributed by atoms with Crippen LogP contribution in [-0.4, -0.2) is 41.9 Å². The Morgan fingerprint density at radius 3 is 2.26 bits per heavy atom. The summed E-state index contributed by atoms with van der Waals surface area (Å²) < 4.78 is 26.5. The highest BCUT2D eigenvalue weighted by Gasteiger charge is 2.32. The molecule has 0 spiro atoms. The SMILES string of the molecule is CN(C(=O)C1CCC1)C1CCN(Cc2cc(F)cc(F)c2)CC1. The molecule has 1 saturated carbocycles. The Balaban J connectivity index is 1.50. The molecule has 2 fully saturated rings. The van der Waals surface area contributed by atoms with Gasteiger partial charge in [0.05, 0.1) is 0 Å². The Labute approximate surface area is 136 Å². The summed E-state index contributed by atoms with van der Waals surface area (Å²) in [6.45, 7) is 2.26. The molecular formula is C18H24F2N2O. The first-order chi connectivity index (χ1) is 11.0. The fourth-order valence-corrected chi connectivity index (χ4v) is 3.55. The fraction of sp³-hybridized carbons (Fsp3) is 0.611. The van der Waals surface area contributed by atoms with Crippen LogP contribution in [0, 0.1) is 17.6 Å². The Bertz CT molecular complexity index is 546. The van der Waals surface area contributed by atoms with Crippen molar-refractivity contribution >= 4 is 5.91 Å². The lowest BCUT2D eigenvalue weighted by Crippen LogP contribution is -2.48. The van der Waals surface area contributed by atoms with E-state index in [1.807, 2.05) is 11.9 Å². The van der Waals surface area contributed by atoms with Gasteiger partial charge >= 0.3 is 0 Å². The summed E-state index contributed by atoms with van der Waals surface area (Å²) in [5.41, 5.74) is 0.667. The maximum Gasteiger partial charge on any atom is 0.225 e. The molecule has 1 aliphatic heterocycles. The summed E-state index contributed by atoms with van der Waals surface area (Å²) in [5.74, 6) is -0.517. The standard InChI is InChI=1S/C18H24F2N2O/c1-21(18(23)14-3-2-4-14)17-5-7-22(8-6-17)12-13-9-15(19)11-16(20)10-13/h9-11,14,17H,2-8,12H2,1H3. The van der Waals surface area contributed by atoms with E-state index in [-0.39, 0.29) is 5.92 Å². The highest BCUT2D eigenvalue weighted by molar-refractivity contribution is 5.79. The summed E-state index contributed by atoms with van der Waals surface area (Å²) in [7, 11) is 1.92. The summed E-state index contributed by atoms with van der Waals surface area (Å²) in [6.07, 6.45) is 5.09. The quantitative estimate of drug-likeness (QED) is 0.850. The number of hydrogen-bond acceptors (Lipinski definition) is 2. The number of likely N-dealkylation sites (tertiary alicyclic amines) is 1. The average Bonchev–Trinajstić information content (AvgIpc) is 2.44. The van der Waals surface area contributed by atoms with Crippen molar-refractivity contribution in [3.8, 4) is 0 Å². The van der Waals surface area contributed by atoms with E-state index >= 15 is 0 Å². The van der Waals surface area contributed by atoms with Gasteiger partial charge in [0.2, 0.25) is 5.91 Å². The number of amides is 1. The molecule has 5 heteroatoms. The third-order valence-electron chi connectivity index (χ3n) is 5.24. The lowest BCUT2D eigenvalue weighted by atomic mass is 9.84. The predicted octanol–water partition coefficient (Wildman–Crippen LogP) is 3.19. The molecule has 3 nitrogen and oxygen atoms in total. The number of halogens is 2. The molecule has 0 unspecified atom stereocenters. The monoisotopic (exact) mass is 322 g/mol. The van der Waals surface area contributed by atoms with E-state index in [4.69, 9.17) is 0 Å². The van der Waals surface area contributed by atoms with Gasteiger partial charge in [-0.2, -0.15) is 0 Å². The zero-order valence-electron chi connectivity index (χ0n) is 13.6. The number of rotatable bonds is 4. The third-order valence-corrected chi connectivity index (χ3v) is 5.24. The van der Waals surface area contributed by atoms with Crippen molar-refractivity contribution in [1.29, 1.82) is 0 Å². The average molecular weight is 322 g/mol. The van der Waals surface area contributed by atoms with Crippen LogP contribution >= 0.6 is 0 Å². The maximum absolute atomic E-state index is 13.3. The molecule has 0 atom stereocenters. The van der Waals surface area contributed by atoms with Crippen LogP contribution in [0.4, 0.5) is 8.78 Å². The van der Waals surface area contributed by atoms with Crippen LogP contribution in [0.3, 0.4) is 0 Å². The summed E-state index contributed by atoms with van der Waals surface area (Å²) >= 11 is 0. The van der Waals surface area contributed by atoms with Crippen molar-refractivity contribution in [1.82, 2.24) is 9.80 Å². The molecule has 126 valence electrons. The van der Waals surface area contributed by atoms with Gasteiger partial charge in [-0.05, 0) is 43.4 Å². The van der Waals surface area contributed by atoms with Gasteiger partial charge in [-0.3, -0.25) is 9.69 Å². The second-order valence-corrected chi connectivity index (χ2v) is 6.86. The van der Waals surface area contributed by atoms with Gasteiger partial charge in [0, 0.05) is 44.7 Å². The molecule has 23 heavy (non-hydrogen) atoms. The molecule has 1 aromatic carbocycles. The van der Waals surface area contributed by atoms with Crippen LogP contribution in [-0.2, 0) is 11.3 Å². The largest absolute Gasteiger partial charge is 0.342 e. The molecule has 1 heterocycles. The Kier molecular flexibility index (Phi) is 4.95. The lowest BCUT2D eigenvalue weighted by Gasteiger charge is -2.39. The molecule has 1 saturated heterocycles. The van der Waals surface area contributed by atoms with Crippen molar-refractivity contribution in [3.05, 3.63) is 35.4 Å². The zero-order valence-corrected chi connectivity index (χ0v) is 13.6. The smallest absolute Gasteiger partial charge is 0.225 e. The lowest BCUT2D eigenvalue weighted by molar-refractivity contribution is -0.139. The third kappa shape index (κ3) is 3.89. The second-order valence-electron chi connectivity index (χ2n) is 6.86. The van der Waals surface area contributed by atoms with Gasteiger partial charge in [-0.15, -0.1) is 0 Å². The number of benzene rings is 1. The molecule has 1 aromatic rings. The maximum atomic E-state index is 13.3. The minimum atomic E-state index is -0.527. The summed E-state index contributed by atoms with van der Waals surface area (Å²) in [5, 5.41) is 0. The number of carbonyl (C=O) groups excluding carboxylic acids is 1. The van der Waals surface area contributed by atoms with Gasteiger partial charge in [0.1, 0.15) is 11.6 Å². The van der Waals surface area contributed by atoms with Crippen molar-refractivity contribution < 1.29 is 13.6 Å². The highest BCUT2D eigenvalue weighted by atomic mass is 19.1. The number of nitrogens with zero attached hydrogens (tertiary/aromatic N) is 2. The first-order valence-corrected chi connectivity index (χ1v) is 8.47. The van der Waals surface area contributed by atoms with Gasteiger partial charge in [0.15, 0.2) is 0 Å². The van der Waals surface area contributed by atoms with E-state index in [1.165, 1.54) is 18.6 Å². The molecule has 0 N–H and O–H groups in total. The Hall–Kier alpha value is -1.49. The fourth-order valence-electron chi connectivity index (χ4n) is 3.55. The van der Waals surface area contributed by atoms with Crippen LogP contribution in [0.2, 0.25) is 0 Å². The van der Waals surface area contributed by atoms with Gasteiger partial charge in [-0.1, -0.05) is 6.42 Å².